The van der Waals surface area contributed by atoms with Gasteiger partial charge in [0.15, 0.2) is 0 Å². The molecule has 1 aliphatic heterocycles. The van der Waals surface area contributed by atoms with E-state index in [0.29, 0.717) is 32.5 Å². The first-order valence-corrected chi connectivity index (χ1v) is 7.05. The van der Waals surface area contributed by atoms with E-state index in [1.807, 2.05) is 0 Å². The molecule has 1 fully saturated rings. The van der Waals surface area contributed by atoms with Gasteiger partial charge >= 0.3 is 12.0 Å². The summed E-state index contributed by atoms with van der Waals surface area (Å²) >= 11 is 0. The van der Waals surface area contributed by atoms with E-state index in [2.05, 4.69) is 10.6 Å². The molecule has 0 aliphatic carbocycles. The number of nitrogens with zero attached hydrogens (tertiary/aromatic N) is 1. The number of rotatable bonds is 7. The maximum atomic E-state index is 11.9. The first-order chi connectivity index (χ1) is 10.0. The molecular weight excluding hydrogens is 278 g/mol. The standard InChI is InChI=1S/C13H23N3O5/c1-21-8-6-14-11(17)4-5-15-13(20)16-7-2-3-10(9-16)12(18)19/h10H,2-9H2,1H3,(H,14,17)(H,15,20)(H,18,19). The highest BCUT2D eigenvalue weighted by Gasteiger charge is 2.27. The Kier molecular flexibility index (Phi) is 7.52. The number of hydrogen-bond acceptors (Lipinski definition) is 4. The van der Waals surface area contributed by atoms with Gasteiger partial charge in [-0.1, -0.05) is 0 Å². The van der Waals surface area contributed by atoms with E-state index in [4.69, 9.17) is 9.84 Å². The summed E-state index contributed by atoms with van der Waals surface area (Å²) in [6.45, 7) is 1.89. The molecule has 8 nitrogen and oxygen atoms in total. The molecule has 0 spiro atoms. The van der Waals surface area contributed by atoms with E-state index in [0.717, 1.165) is 0 Å². The van der Waals surface area contributed by atoms with Crippen LogP contribution in [0.25, 0.3) is 0 Å². The van der Waals surface area contributed by atoms with Crippen LogP contribution in [-0.2, 0) is 14.3 Å². The van der Waals surface area contributed by atoms with Crippen molar-refractivity contribution in [1.82, 2.24) is 15.5 Å². The lowest BCUT2D eigenvalue weighted by molar-refractivity contribution is -0.143. The number of piperidine rings is 1. The molecule has 1 rings (SSSR count). The van der Waals surface area contributed by atoms with Crippen molar-refractivity contribution in [1.29, 1.82) is 0 Å². The second-order valence-electron chi connectivity index (χ2n) is 4.95. The number of amides is 3. The highest BCUT2D eigenvalue weighted by molar-refractivity contribution is 5.79. The van der Waals surface area contributed by atoms with Gasteiger partial charge in [0.1, 0.15) is 0 Å². The van der Waals surface area contributed by atoms with Gasteiger partial charge in [0.05, 0.1) is 12.5 Å². The number of carboxylic acids is 1. The van der Waals surface area contributed by atoms with Crippen molar-refractivity contribution < 1.29 is 24.2 Å². The van der Waals surface area contributed by atoms with Crippen molar-refractivity contribution in [2.75, 3.05) is 39.9 Å². The quantitative estimate of drug-likeness (QED) is 0.557. The number of carbonyl (C=O) groups excluding carboxylic acids is 2. The Bertz CT molecular complexity index is 375. The highest BCUT2D eigenvalue weighted by atomic mass is 16.5. The Balaban J connectivity index is 2.21. The van der Waals surface area contributed by atoms with Crippen molar-refractivity contribution in [3.63, 3.8) is 0 Å². The number of ether oxygens (including phenoxy) is 1. The third-order valence-corrected chi connectivity index (χ3v) is 3.31. The van der Waals surface area contributed by atoms with E-state index >= 15 is 0 Å². The summed E-state index contributed by atoms with van der Waals surface area (Å²) in [6.07, 6.45) is 1.47. The number of urea groups is 1. The maximum absolute atomic E-state index is 11.9. The molecule has 1 unspecified atom stereocenters. The van der Waals surface area contributed by atoms with Crippen LogP contribution in [0.1, 0.15) is 19.3 Å². The SMILES string of the molecule is COCCNC(=O)CCNC(=O)N1CCCC(C(=O)O)C1. The predicted molar refractivity (Wildman–Crippen MR) is 74.8 cm³/mol. The average molecular weight is 301 g/mol. The molecule has 0 aromatic rings. The second kappa shape index (κ2) is 9.17. The third kappa shape index (κ3) is 6.44. The van der Waals surface area contributed by atoms with Crippen LogP contribution in [-0.4, -0.2) is 67.8 Å². The Labute approximate surface area is 123 Å². The number of methoxy groups -OCH3 is 1. The fourth-order valence-electron chi connectivity index (χ4n) is 2.14. The predicted octanol–water partition coefficient (Wildman–Crippen LogP) is -0.355. The number of nitrogens with one attached hydrogen (secondary N) is 2. The Morgan fingerprint density at radius 2 is 2.05 bits per heavy atom. The molecule has 1 atom stereocenters. The molecule has 0 bridgehead atoms. The molecule has 1 aliphatic rings. The molecular formula is C13H23N3O5. The van der Waals surface area contributed by atoms with Gasteiger partial charge < -0.3 is 25.4 Å². The summed E-state index contributed by atoms with van der Waals surface area (Å²) in [4.78, 5) is 35.7. The van der Waals surface area contributed by atoms with E-state index in [1.165, 1.54) is 4.90 Å². The van der Waals surface area contributed by atoms with Crippen LogP contribution < -0.4 is 10.6 Å². The molecule has 1 saturated heterocycles. The minimum atomic E-state index is -0.870. The van der Waals surface area contributed by atoms with Crippen LogP contribution in [0.15, 0.2) is 0 Å². The van der Waals surface area contributed by atoms with Crippen molar-refractivity contribution in [2.24, 2.45) is 5.92 Å². The fraction of sp³-hybridized carbons (Fsp3) is 0.769. The lowest BCUT2D eigenvalue weighted by Gasteiger charge is -2.30. The van der Waals surface area contributed by atoms with Crippen molar-refractivity contribution in [3.05, 3.63) is 0 Å². The molecule has 0 aromatic carbocycles. The van der Waals surface area contributed by atoms with Gasteiger partial charge in [0.2, 0.25) is 5.91 Å². The molecule has 0 radical (unpaired) electrons. The molecule has 1 heterocycles. The van der Waals surface area contributed by atoms with Crippen molar-refractivity contribution >= 4 is 17.9 Å². The average Bonchev–Trinajstić information content (AvgIpc) is 2.47. The number of hydrogen-bond donors (Lipinski definition) is 3. The summed E-state index contributed by atoms with van der Waals surface area (Å²) in [6, 6.07) is -0.314. The summed E-state index contributed by atoms with van der Waals surface area (Å²) in [5.41, 5.74) is 0. The van der Waals surface area contributed by atoms with Gasteiger partial charge in [0.25, 0.3) is 0 Å². The molecule has 8 heteroatoms. The van der Waals surface area contributed by atoms with Gasteiger partial charge in [-0.05, 0) is 12.8 Å². The van der Waals surface area contributed by atoms with E-state index < -0.39 is 11.9 Å². The van der Waals surface area contributed by atoms with E-state index in [-0.39, 0.29) is 31.4 Å². The topological polar surface area (TPSA) is 108 Å². The van der Waals surface area contributed by atoms with Crippen LogP contribution in [0.2, 0.25) is 0 Å². The van der Waals surface area contributed by atoms with Crippen LogP contribution in [0.5, 0.6) is 0 Å². The summed E-state index contributed by atoms with van der Waals surface area (Å²) in [7, 11) is 1.55. The second-order valence-corrected chi connectivity index (χ2v) is 4.95. The van der Waals surface area contributed by atoms with Gasteiger partial charge in [-0.15, -0.1) is 0 Å². The smallest absolute Gasteiger partial charge is 0.317 e. The minimum absolute atomic E-state index is 0.158. The highest BCUT2D eigenvalue weighted by Crippen LogP contribution is 2.16. The van der Waals surface area contributed by atoms with Crippen LogP contribution >= 0.6 is 0 Å². The Morgan fingerprint density at radius 3 is 2.71 bits per heavy atom. The van der Waals surface area contributed by atoms with E-state index in [9.17, 15) is 14.4 Å². The zero-order valence-corrected chi connectivity index (χ0v) is 12.3. The summed E-state index contributed by atoms with van der Waals surface area (Å²) in [5, 5.41) is 14.3. The molecule has 0 aromatic heterocycles. The molecule has 0 saturated carbocycles. The largest absolute Gasteiger partial charge is 0.481 e. The van der Waals surface area contributed by atoms with Crippen LogP contribution in [0.3, 0.4) is 0 Å². The van der Waals surface area contributed by atoms with Gasteiger partial charge in [-0.25, -0.2) is 4.79 Å². The molecule has 21 heavy (non-hydrogen) atoms. The minimum Gasteiger partial charge on any atom is -0.481 e. The molecule has 3 amide bonds. The number of carboxylic acid groups (broad SMARTS) is 1. The van der Waals surface area contributed by atoms with Gasteiger partial charge in [-0.3, -0.25) is 9.59 Å². The lowest BCUT2D eigenvalue weighted by Crippen LogP contribution is -2.47. The molecule has 3 N–H and O–H groups in total. The maximum Gasteiger partial charge on any atom is 0.317 e. The lowest BCUT2D eigenvalue weighted by atomic mass is 9.99. The van der Waals surface area contributed by atoms with Crippen LogP contribution in [0, 0.1) is 5.92 Å². The van der Waals surface area contributed by atoms with Crippen LogP contribution in [0.4, 0.5) is 4.79 Å². The number of carbonyl (C=O) groups is 3. The monoisotopic (exact) mass is 301 g/mol. The summed E-state index contributed by atoms with van der Waals surface area (Å²) in [5.74, 6) is -1.53. The normalized spacial score (nSPS) is 18.1. The third-order valence-electron chi connectivity index (χ3n) is 3.31. The van der Waals surface area contributed by atoms with Gasteiger partial charge in [0, 0.05) is 39.7 Å². The number of likely N-dealkylation sites (tertiary alicyclic amines) is 1. The van der Waals surface area contributed by atoms with Crippen molar-refractivity contribution in [3.8, 4) is 0 Å². The Morgan fingerprint density at radius 1 is 1.29 bits per heavy atom. The fourth-order valence-corrected chi connectivity index (χ4v) is 2.14. The first-order valence-electron chi connectivity index (χ1n) is 7.05. The molecule has 120 valence electrons. The first kappa shape index (κ1) is 17.2. The van der Waals surface area contributed by atoms with E-state index in [1.54, 1.807) is 7.11 Å². The number of aliphatic carboxylic acids is 1. The van der Waals surface area contributed by atoms with Crippen molar-refractivity contribution in [2.45, 2.75) is 19.3 Å². The Hall–Kier alpha value is -1.83. The zero-order chi connectivity index (χ0) is 15.7. The summed E-state index contributed by atoms with van der Waals surface area (Å²) < 4.78 is 4.80. The van der Waals surface area contributed by atoms with Gasteiger partial charge in [-0.2, -0.15) is 0 Å². The zero-order valence-electron chi connectivity index (χ0n) is 12.3.